The van der Waals surface area contributed by atoms with Gasteiger partial charge in [-0.05, 0) is 24.3 Å². The molecule has 3 N–H and O–H groups in total. The number of amides is 2. The molecule has 0 unspecified atom stereocenters. The molecule has 0 aliphatic rings. The number of para-hydroxylation sites is 1. The van der Waals surface area contributed by atoms with Gasteiger partial charge in [0.15, 0.2) is 0 Å². The van der Waals surface area contributed by atoms with Crippen molar-refractivity contribution in [1.29, 1.82) is 0 Å². The average Bonchev–Trinajstić information content (AvgIpc) is 2.48. The molecule has 1 heterocycles. The topological polar surface area (TPSA) is 91.3 Å². The molecule has 2 amide bonds. The number of carboxylic acids is 1. The van der Waals surface area contributed by atoms with Crippen LogP contribution in [-0.2, 0) is 6.54 Å². The number of aromatic carboxylic acids is 1. The second-order valence-corrected chi connectivity index (χ2v) is 4.10. The molecule has 21 heavy (non-hydrogen) atoms. The molecule has 1 aromatic carbocycles. The zero-order valence-corrected chi connectivity index (χ0v) is 10.8. The number of halogens is 1. The summed E-state index contributed by atoms with van der Waals surface area (Å²) >= 11 is 0. The van der Waals surface area contributed by atoms with Crippen molar-refractivity contribution in [3.8, 4) is 0 Å². The Bertz CT molecular complexity index is 662. The van der Waals surface area contributed by atoms with Crippen molar-refractivity contribution in [1.82, 2.24) is 10.3 Å². The predicted octanol–water partition coefficient (Wildman–Crippen LogP) is 2.24. The molecule has 2 aromatic rings. The van der Waals surface area contributed by atoms with Crippen LogP contribution < -0.4 is 10.6 Å². The molecule has 0 saturated heterocycles. The van der Waals surface area contributed by atoms with Gasteiger partial charge in [-0.15, -0.1) is 0 Å². The van der Waals surface area contributed by atoms with E-state index in [1.54, 1.807) is 24.4 Å². The highest BCUT2D eigenvalue weighted by Gasteiger charge is 2.16. The van der Waals surface area contributed by atoms with Gasteiger partial charge in [-0.25, -0.2) is 14.0 Å². The molecule has 0 atom stereocenters. The number of aromatic nitrogens is 1. The molecule has 1 aromatic heterocycles. The monoisotopic (exact) mass is 289 g/mol. The number of hydrogen-bond donors (Lipinski definition) is 3. The van der Waals surface area contributed by atoms with Crippen molar-refractivity contribution in [2.24, 2.45) is 0 Å². The minimum atomic E-state index is -1.32. The lowest BCUT2D eigenvalue weighted by atomic mass is 10.1. The number of nitrogens with one attached hydrogen (secondary N) is 2. The van der Waals surface area contributed by atoms with Gasteiger partial charge in [-0.2, -0.15) is 0 Å². The van der Waals surface area contributed by atoms with Crippen LogP contribution in [0.15, 0.2) is 42.6 Å². The Hall–Kier alpha value is -2.96. The number of carbonyl (C=O) groups excluding carboxylic acids is 1. The lowest BCUT2D eigenvalue weighted by Gasteiger charge is -2.10. The van der Waals surface area contributed by atoms with E-state index in [-0.39, 0.29) is 17.8 Å². The van der Waals surface area contributed by atoms with Crippen LogP contribution in [0.3, 0.4) is 0 Å². The fourth-order valence-electron chi connectivity index (χ4n) is 1.66. The van der Waals surface area contributed by atoms with Crippen LogP contribution in [0.25, 0.3) is 0 Å². The van der Waals surface area contributed by atoms with Crippen LogP contribution in [-0.4, -0.2) is 22.1 Å². The first-order chi connectivity index (χ1) is 10.1. The minimum absolute atomic E-state index is 0.142. The summed E-state index contributed by atoms with van der Waals surface area (Å²) < 4.78 is 13.6. The smallest absolute Gasteiger partial charge is 0.337 e. The first kappa shape index (κ1) is 14.4. The average molecular weight is 289 g/mol. The molecule has 0 saturated carbocycles. The van der Waals surface area contributed by atoms with Gasteiger partial charge in [-0.3, -0.25) is 4.98 Å². The lowest BCUT2D eigenvalue weighted by molar-refractivity contribution is 0.0697. The molecule has 108 valence electrons. The summed E-state index contributed by atoms with van der Waals surface area (Å²) in [6, 6.07) is 8.04. The Morgan fingerprint density at radius 2 is 2.00 bits per heavy atom. The summed E-state index contributed by atoms with van der Waals surface area (Å²) in [4.78, 5) is 26.7. The first-order valence-corrected chi connectivity index (χ1v) is 6.04. The molecule has 0 aliphatic carbocycles. The van der Waals surface area contributed by atoms with Gasteiger partial charge in [0.1, 0.15) is 5.82 Å². The minimum Gasteiger partial charge on any atom is -0.478 e. The van der Waals surface area contributed by atoms with Crippen molar-refractivity contribution in [2.75, 3.05) is 5.32 Å². The SMILES string of the molecule is O=C(NCc1ccccn1)Nc1c(F)cccc1C(=O)O. The Kier molecular flexibility index (Phi) is 4.45. The van der Waals surface area contributed by atoms with E-state index >= 15 is 0 Å². The number of benzene rings is 1. The molecular weight excluding hydrogens is 277 g/mol. The molecule has 0 bridgehead atoms. The fourth-order valence-corrected chi connectivity index (χ4v) is 1.66. The number of carbonyl (C=O) groups is 2. The summed E-state index contributed by atoms with van der Waals surface area (Å²) in [7, 11) is 0. The van der Waals surface area contributed by atoms with E-state index in [1.807, 2.05) is 0 Å². The fraction of sp³-hybridized carbons (Fsp3) is 0.0714. The van der Waals surface area contributed by atoms with Gasteiger partial charge in [0, 0.05) is 6.20 Å². The summed E-state index contributed by atoms with van der Waals surface area (Å²) in [5, 5.41) is 13.6. The Labute approximate surface area is 119 Å². The molecule has 0 radical (unpaired) electrons. The summed E-state index contributed by atoms with van der Waals surface area (Å²) in [6.45, 7) is 0.142. The van der Waals surface area contributed by atoms with Crippen LogP contribution in [0.4, 0.5) is 14.9 Å². The Morgan fingerprint density at radius 1 is 1.19 bits per heavy atom. The standard InChI is InChI=1S/C14H12FN3O3/c15-11-6-3-5-10(13(19)20)12(11)18-14(21)17-8-9-4-1-2-7-16-9/h1-7H,8H2,(H,19,20)(H2,17,18,21). The van der Waals surface area contributed by atoms with E-state index in [4.69, 9.17) is 5.11 Å². The Morgan fingerprint density at radius 3 is 2.67 bits per heavy atom. The second-order valence-electron chi connectivity index (χ2n) is 4.10. The number of anilines is 1. The summed E-state index contributed by atoms with van der Waals surface area (Å²) in [6.07, 6.45) is 1.58. The van der Waals surface area contributed by atoms with Gasteiger partial charge < -0.3 is 15.7 Å². The van der Waals surface area contributed by atoms with Crippen LogP contribution in [0.2, 0.25) is 0 Å². The largest absolute Gasteiger partial charge is 0.478 e. The molecule has 0 aliphatic heterocycles. The maximum absolute atomic E-state index is 13.6. The quantitative estimate of drug-likeness (QED) is 0.805. The van der Waals surface area contributed by atoms with Crippen molar-refractivity contribution < 1.29 is 19.1 Å². The van der Waals surface area contributed by atoms with Gasteiger partial charge in [0.05, 0.1) is 23.5 Å². The maximum Gasteiger partial charge on any atom is 0.337 e. The highest BCUT2D eigenvalue weighted by atomic mass is 19.1. The molecule has 2 rings (SSSR count). The highest BCUT2D eigenvalue weighted by Crippen LogP contribution is 2.19. The zero-order valence-electron chi connectivity index (χ0n) is 10.8. The normalized spacial score (nSPS) is 9.95. The van der Waals surface area contributed by atoms with Gasteiger partial charge in [0.2, 0.25) is 0 Å². The van der Waals surface area contributed by atoms with Gasteiger partial charge in [0.25, 0.3) is 0 Å². The first-order valence-electron chi connectivity index (χ1n) is 6.04. The van der Waals surface area contributed by atoms with Crippen LogP contribution in [0.1, 0.15) is 16.1 Å². The summed E-state index contributed by atoms with van der Waals surface area (Å²) in [5.74, 6) is -2.14. The molecule has 0 spiro atoms. The molecule has 7 heteroatoms. The predicted molar refractivity (Wildman–Crippen MR) is 73.5 cm³/mol. The summed E-state index contributed by atoms with van der Waals surface area (Å²) in [5.41, 5.74) is -0.0638. The molecular formula is C14H12FN3O3. The Balaban J connectivity index is 2.05. The van der Waals surface area contributed by atoms with Gasteiger partial charge >= 0.3 is 12.0 Å². The van der Waals surface area contributed by atoms with Crippen LogP contribution in [0.5, 0.6) is 0 Å². The van der Waals surface area contributed by atoms with Gasteiger partial charge in [-0.1, -0.05) is 12.1 Å². The number of carboxylic acid groups (broad SMARTS) is 1. The number of rotatable bonds is 4. The van der Waals surface area contributed by atoms with E-state index < -0.39 is 17.8 Å². The van der Waals surface area contributed by atoms with E-state index in [2.05, 4.69) is 15.6 Å². The van der Waals surface area contributed by atoms with Crippen molar-refractivity contribution in [3.63, 3.8) is 0 Å². The highest BCUT2D eigenvalue weighted by molar-refractivity contribution is 6.00. The number of urea groups is 1. The van der Waals surface area contributed by atoms with E-state index in [0.717, 1.165) is 6.07 Å². The van der Waals surface area contributed by atoms with Crippen LogP contribution in [0, 0.1) is 5.82 Å². The van der Waals surface area contributed by atoms with Crippen molar-refractivity contribution >= 4 is 17.7 Å². The number of pyridine rings is 1. The molecule has 6 nitrogen and oxygen atoms in total. The van der Waals surface area contributed by atoms with E-state index in [9.17, 15) is 14.0 Å². The zero-order chi connectivity index (χ0) is 15.2. The maximum atomic E-state index is 13.6. The number of nitrogens with zero attached hydrogens (tertiary/aromatic N) is 1. The number of hydrogen-bond acceptors (Lipinski definition) is 3. The van der Waals surface area contributed by atoms with E-state index in [0.29, 0.717) is 5.69 Å². The van der Waals surface area contributed by atoms with Crippen molar-refractivity contribution in [2.45, 2.75) is 6.54 Å². The lowest BCUT2D eigenvalue weighted by Crippen LogP contribution is -2.29. The molecule has 0 fully saturated rings. The third kappa shape index (κ3) is 3.75. The third-order valence-corrected chi connectivity index (χ3v) is 2.64. The second kappa shape index (κ2) is 6.47. The van der Waals surface area contributed by atoms with E-state index in [1.165, 1.54) is 12.1 Å². The van der Waals surface area contributed by atoms with Crippen LogP contribution >= 0.6 is 0 Å². The van der Waals surface area contributed by atoms with Crippen molar-refractivity contribution in [3.05, 3.63) is 59.7 Å². The third-order valence-electron chi connectivity index (χ3n) is 2.64.